The zero-order valence-corrected chi connectivity index (χ0v) is 13.4. The van der Waals surface area contributed by atoms with Crippen molar-refractivity contribution >= 4 is 0 Å². The van der Waals surface area contributed by atoms with Gasteiger partial charge >= 0.3 is 0 Å². The number of hydrogen-bond donors (Lipinski definition) is 1. The van der Waals surface area contributed by atoms with Crippen molar-refractivity contribution in [3.8, 4) is 0 Å². The first kappa shape index (κ1) is 16.7. The zero-order valence-electron chi connectivity index (χ0n) is 13.4. The lowest BCUT2D eigenvalue weighted by molar-refractivity contribution is 0.131. The molecule has 2 aromatic heterocycles. The van der Waals surface area contributed by atoms with Gasteiger partial charge in [-0.3, -0.25) is 0 Å². The van der Waals surface area contributed by atoms with Gasteiger partial charge in [0.2, 0.25) is 0 Å². The van der Waals surface area contributed by atoms with Crippen LogP contribution in [0, 0.1) is 0 Å². The van der Waals surface area contributed by atoms with E-state index < -0.39 is 0 Å². The quantitative estimate of drug-likeness (QED) is 0.611. The number of aromatic nitrogens is 4. The van der Waals surface area contributed by atoms with Crippen molar-refractivity contribution in [2.24, 2.45) is 0 Å². The van der Waals surface area contributed by atoms with Gasteiger partial charge in [0, 0.05) is 37.9 Å². The predicted molar refractivity (Wildman–Crippen MR) is 86.7 cm³/mol. The van der Waals surface area contributed by atoms with Gasteiger partial charge in [-0.05, 0) is 19.4 Å². The van der Waals surface area contributed by atoms with Crippen LogP contribution in [0.2, 0.25) is 0 Å². The van der Waals surface area contributed by atoms with Crippen LogP contribution in [0.3, 0.4) is 0 Å². The minimum absolute atomic E-state index is 0.211. The van der Waals surface area contributed by atoms with Crippen LogP contribution in [-0.2, 0) is 4.74 Å². The highest BCUT2D eigenvalue weighted by molar-refractivity contribution is 4.86. The lowest BCUT2D eigenvalue weighted by Crippen LogP contribution is -2.26. The van der Waals surface area contributed by atoms with Crippen LogP contribution in [0.15, 0.2) is 37.4 Å². The Morgan fingerprint density at radius 3 is 2.32 bits per heavy atom. The summed E-state index contributed by atoms with van der Waals surface area (Å²) >= 11 is 0. The summed E-state index contributed by atoms with van der Waals surface area (Å²) < 4.78 is 9.80. The lowest BCUT2D eigenvalue weighted by Gasteiger charge is -2.20. The molecular weight excluding hydrogens is 278 g/mol. The van der Waals surface area contributed by atoms with Crippen molar-refractivity contribution in [3.05, 3.63) is 37.4 Å². The molecule has 0 aliphatic rings. The molecule has 0 spiro atoms. The van der Waals surface area contributed by atoms with Crippen molar-refractivity contribution in [1.82, 2.24) is 24.4 Å². The molecule has 122 valence electrons. The second kappa shape index (κ2) is 10.1. The third kappa shape index (κ3) is 5.61. The van der Waals surface area contributed by atoms with Crippen LogP contribution in [0.25, 0.3) is 0 Å². The van der Waals surface area contributed by atoms with Crippen molar-refractivity contribution in [2.45, 2.75) is 38.8 Å². The molecule has 0 aliphatic carbocycles. The third-order valence-corrected chi connectivity index (χ3v) is 3.63. The monoisotopic (exact) mass is 305 g/mol. The molecule has 0 saturated carbocycles. The Bertz CT molecular complexity index is 434. The fourth-order valence-electron chi connectivity index (χ4n) is 2.40. The molecule has 0 bridgehead atoms. The van der Waals surface area contributed by atoms with Gasteiger partial charge in [-0.25, -0.2) is 9.97 Å². The Morgan fingerprint density at radius 2 is 1.73 bits per heavy atom. The largest absolute Gasteiger partial charge is 0.380 e. The van der Waals surface area contributed by atoms with E-state index in [9.17, 15) is 0 Å². The van der Waals surface area contributed by atoms with Gasteiger partial charge in [0.25, 0.3) is 0 Å². The van der Waals surface area contributed by atoms with E-state index in [2.05, 4.69) is 31.3 Å². The highest BCUT2D eigenvalue weighted by Crippen LogP contribution is 2.13. The number of unbranched alkanes of at least 4 members (excludes halogenated alkanes) is 2. The maximum atomic E-state index is 5.59. The highest BCUT2D eigenvalue weighted by atomic mass is 16.5. The molecule has 6 heteroatoms. The molecule has 0 aromatic carbocycles. The number of ether oxygens (including phenoxy) is 1. The molecule has 1 N–H and O–H groups in total. The van der Waals surface area contributed by atoms with Crippen LogP contribution in [0.4, 0.5) is 0 Å². The minimum Gasteiger partial charge on any atom is -0.380 e. The SMILES string of the molecule is CCCCCOCCNCCC(n1ccnc1)n1ccnc1. The van der Waals surface area contributed by atoms with E-state index in [4.69, 9.17) is 4.74 Å². The summed E-state index contributed by atoms with van der Waals surface area (Å²) in [6.07, 6.45) is 16.1. The van der Waals surface area contributed by atoms with Gasteiger partial charge in [0.05, 0.1) is 19.3 Å². The molecule has 0 unspecified atom stereocenters. The summed E-state index contributed by atoms with van der Waals surface area (Å²) in [4.78, 5) is 8.27. The molecular formula is C16H27N5O. The molecule has 6 nitrogen and oxygen atoms in total. The molecule has 22 heavy (non-hydrogen) atoms. The number of rotatable bonds is 12. The number of nitrogens with zero attached hydrogens (tertiary/aromatic N) is 4. The lowest BCUT2D eigenvalue weighted by atomic mass is 10.3. The van der Waals surface area contributed by atoms with Crippen molar-refractivity contribution < 1.29 is 4.74 Å². The first-order chi connectivity index (χ1) is 10.9. The van der Waals surface area contributed by atoms with Gasteiger partial charge in [0.1, 0.15) is 6.17 Å². The van der Waals surface area contributed by atoms with Crippen molar-refractivity contribution in [2.75, 3.05) is 26.3 Å². The van der Waals surface area contributed by atoms with E-state index in [0.29, 0.717) is 0 Å². The zero-order chi connectivity index (χ0) is 15.5. The first-order valence-electron chi connectivity index (χ1n) is 8.15. The second-order valence-corrected chi connectivity index (χ2v) is 5.36. The topological polar surface area (TPSA) is 56.9 Å². The fraction of sp³-hybridized carbons (Fsp3) is 0.625. The molecule has 0 aliphatic heterocycles. The van der Waals surface area contributed by atoms with Crippen LogP contribution in [0.1, 0.15) is 38.8 Å². The molecule has 0 atom stereocenters. The summed E-state index contributed by atoms with van der Waals surface area (Å²) in [7, 11) is 0. The van der Waals surface area contributed by atoms with E-state index in [-0.39, 0.29) is 6.17 Å². The fourth-order valence-corrected chi connectivity index (χ4v) is 2.40. The average Bonchev–Trinajstić information content (AvgIpc) is 3.22. The minimum atomic E-state index is 0.211. The first-order valence-corrected chi connectivity index (χ1v) is 8.15. The normalized spacial score (nSPS) is 11.4. The number of hydrogen-bond acceptors (Lipinski definition) is 4. The summed E-state index contributed by atoms with van der Waals surface area (Å²) in [6.45, 7) is 5.69. The van der Waals surface area contributed by atoms with Crippen LogP contribution in [-0.4, -0.2) is 45.4 Å². The summed E-state index contributed by atoms with van der Waals surface area (Å²) in [5, 5.41) is 3.44. The Morgan fingerprint density at radius 1 is 1.00 bits per heavy atom. The smallest absolute Gasteiger partial charge is 0.113 e. The predicted octanol–water partition coefficient (Wildman–Crippen LogP) is 2.31. The van der Waals surface area contributed by atoms with Crippen molar-refractivity contribution in [1.29, 1.82) is 0 Å². The van der Waals surface area contributed by atoms with Crippen LogP contribution < -0.4 is 5.32 Å². The average molecular weight is 305 g/mol. The Labute approximate surface area is 132 Å². The third-order valence-electron chi connectivity index (χ3n) is 3.63. The number of imidazole rings is 2. The van der Waals surface area contributed by atoms with E-state index >= 15 is 0 Å². The number of nitrogens with one attached hydrogen (secondary N) is 1. The van der Waals surface area contributed by atoms with E-state index in [0.717, 1.165) is 32.7 Å². The van der Waals surface area contributed by atoms with E-state index in [1.54, 1.807) is 0 Å². The Hall–Kier alpha value is -1.66. The van der Waals surface area contributed by atoms with Gasteiger partial charge in [-0.2, -0.15) is 0 Å². The molecule has 0 amide bonds. The van der Waals surface area contributed by atoms with Gasteiger partial charge < -0.3 is 19.2 Å². The Balaban J connectivity index is 1.63. The molecule has 0 fully saturated rings. The standard InChI is InChI=1S/C16H27N5O/c1-2-3-4-12-22-13-9-17-6-5-16(20-10-7-18-14-20)21-11-8-19-15-21/h7-8,10-11,14-17H,2-6,9,12-13H2,1H3. The summed E-state index contributed by atoms with van der Waals surface area (Å²) in [5.41, 5.74) is 0. The molecule has 2 aromatic rings. The van der Waals surface area contributed by atoms with E-state index in [1.807, 2.05) is 37.4 Å². The molecule has 0 radical (unpaired) electrons. The highest BCUT2D eigenvalue weighted by Gasteiger charge is 2.11. The summed E-state index contributed by atoms with van der Waals surface area (Å²) in [6, 6.07) is 0. The molecule has 2 heterocycles. The van der Waals surface area contributed by atoms with Gasteiger partial charge in [0.15, 0.2) is 0 Å². The summed E-state index contributed by atoms with van der Waals surface area (Å²) in [5.74, 6) is 0. The maximum absolute atomic E-state index is 5.59. The van der Waals surface area contributed by atoms with Crippen LogP contribution >= 0.6 is 0 Å². The van der Waals surface area contributed by atoms with Gasteiger partial charge in [-0.15, -0.1) is 0 Å². The second-order valence-electron chi connectivity index (χ2n) is 5.36. The van der Waals surface area contributed by atoms with Crippen molar-refractivity contribution in [3.63, 3.8) is 0 Å². The maximum Gasteiger partial charge on any atom is 0.113 e. The molecule has 2 rings (SSSR count). The van der Waals surface area contributed by atoms with Gasteiger partial charge in [-0.1, -0.05) is 19.8 Å². The molecule has 0 saturated heterocycles. The van der Waals surface area contributed by atoms with E-state index in [1.165, 1.54) is 19.3 Å². The Kier molecular flexibility index (Phi) is 7.69. The van der Waals surface area contributed by atoms with Crippen LogP contribution in [0.5, 0.6) is 0 Å².